The second-order valence-electron chi connectivity index (χ2n) is 7.06. The molecule has 2 aromatic carbocycles. The Balaban J connectivity index is 1.33. The highest BCUT2D eigenvalue weighted by Gasteiger charge is 2.13. The average Bonchev–Trinajstić information content (AvgIpc) is 2.83. The van der Waals surface area contributed by atoms with Gasteiger partial charge in [-0.3, -0.25) is 9.69 Å². The molecule has 0 radical (unpaired) electrons. The number of benzene rings is 2. The van der Waals surface area contributed by atoms with Crippen LogP contribution in [0.5, 0.6) is 11.6 Å². The summed E-state index contributed by atoms with van der Waals surface area (Å²) < 4.78 is 11.3. The molecule has 1 aromatic heterocycles. The summed E-state index contributed by atoms with van der Waals surface area (Å²) >= 11 is 7.39. The highest BCUT2D eigenvalue weighted by atomic mass is 35.5. The number of ether oxygens (including phenoxy) is 2. The van der Waals surface area contributed by atoms with E-state index in [1.807, 2.05) is 24.3 Å². The zero-order valence-electron chi connectivity index (χ0n) is 17.4. The first-order valence-electron chi connectivity index (χ1n) is 10.3. The lowest BCUT2D eigenvalue weighted by Gasteiger charge is -2.26. The van der Waals surface area contributed by atoms with Crippen molar-refractivity contribution in [1.82, 2.24) is 20.2 Å². The van der Waals surface area contributed by atoms with Crippen LogP contribution >= 0.6 is 23.4 Å². The van der Waals surface area contributed by atoms with E-state index in [1.165, 1.54) is 11.8 Å². The molecule has 0 unspecified atom stereocenters. The third kappa shape index (κ3) is 6.43. The fourth-order valence-corrected chi connectivity index (χ4v) is 4.02. The van der Waals surface area contributed by atoms with E-state index in [4.69, 9.17) is 21.1 Å². The predicted octanol–water partition coefficient (Wildman–Crippen LogP) is 4.14. The number of aromatic nitrogens is 2. The fraction of sp³-hybridized carbons (Fsp3) is 0.261. The van der Waals surface area contributed by atoms with Gasteiger partial charge in [-0.15, -0.1) is 0 Å². The van der Waals surface area contributed by atoms with Crippen LogP contribution < -0.4 is 10.1 Å². The number of rotatable bonds is 8. The van der Waals surface area contributed by atoms with Gasteiger partial charge in [-0.25, -0.2) is 9.97 Å². The van der Waals surface area contributed by atoms with Crippen molar-refractivity contribution in [2.75, 3.05) is 39.4 Å². The summed E-state index contributed by atoms with van der Waals surface area (Å²) in [5.41, 5.74) is 0.578. The van der Waals surface area contributed by atoms with Gasteiger partial charge in [0, 0.05) is 54.1 Å². The molecule has 1 aliphatic rings. The van der Waals surface area contributed by atoms with E-state index in [-0.39, 0.29) is 5.91 Å². The molecule has 1 saturated heterocycles. The molecule has 2 heterocycles. The van der Waals surface area contributed by atoms with E-state index < -0.39 is 0 Å². The van der Waals surface area contributed by atoms with Gasteiger partial charge in [-0.1, -0.05) is 23.4 Å². The van der Waals surface area contributed by atoms with E-state index >= 15 is 0 Å². The minimum Gasteiger partial charge on any atom is -0.437 e. The monoisotopic (exact) mass is 470 g/mol. The summed E-state index contributed by atoms with van der Waals surface area (Å²) in [5, 5.41) is 4.27. The maximum atomic E-state index is 12.4. The number of carbonyl (C=O) groups is 1. The molecule has 3 aromatic rings. The van der Waals surface area contributed by atoms with Gasteiger partial charge in [0.25, 0.3) is 11.8 Å². The molecule has 7 nitrogen and oxygen atoms in total. The van der Waals surface area contributed by atoms with Crippen molar-refractivity contribution in [3.8, 4) is 11.6 Å². The molecular weight excluding hydrogens is 448 g/mol. The molecule has 32 heavy (non-hydrogen) atoms. The van der Waals surface area contributed by atoms with Gasteiger partial charge in [-0.2, -0.15) is 0 Å². The lowest BCUT2D eigenvalue weighted by atomic mass is 10.2. The van der Waals surface area contributed by atoms with E-state index in [0.29, 0.717) is 33.8 Å². The number of amides is 1. The smallest absolute Gasteiger partial charge is 0.252 e. The molecule has 0 atom stereocenters. The molecule has 1 amide bonds. The van der Waals surface area contributed by atoms with Gasteiger partial charge in [-0.05, 0) is 48.5 Å². The summed E-state index contributed by atoms with van der Waals surface area (Å²) in [6, 6.07) is 14.5. The van der Waals surface area contributed by atoms with Crippen LogP contribution in [0, 0.1) is 0 Å². The quantitative estimate of drug-likeness (QED) is 0.530. The van der Waals surface area contributed by atoms with Crippen molar-refractivity contribution in [3.05, 3.63) is 71.5 Å². The first kappa shape index (κ1) is 22.5. The Bertz CT molecular complexity index is 1030. The molecule has 1 aliphatic heterocycles. The molecule has 0 saturated carbocycles. The lowest BCUT2D eigenvalue weighted by Crippen LogP contribution is -2.41. The van der Waals surface area contributed by atoms with E-state index in [9.17, 15) is 4.79 Å². The Hall–Kier alpha value is -2.65. The van der Waals surface area contributed by atoms with Crippen LogP contribution in [0.4, 0.5) is 0 Å². The van der Waals surface area contributed by atoms with Gasteiger partial charge in [0.2, 0.25) is 0 Å². The van der Waals surface area contributed by atoms with Crippen LogP contribution in [0.25, 0.3) is 0 Å². The van der Waals surface area contributed by atoms with Crippen molar-refractivity contribution < 1.29 is 14.3 Å². The minimum absolute atomic E-state index is 0.108. The standard InChI is InChI=1S/C23H23ClN4O3S/c24-18-3-7-20(8-4-18)32-23-22(26-9-10-27-23)31-19-5-1-17(2-6-19)21(29)25-11-12-28-13-15-30-16-14-28/h1-10H,11-16H2,(H,25,29). The third-order valence-corrected chi connectivity index (χ3v) is 6.04. The molecule has 9 heteroatoms. The van der Waals surface area contributed by atoms with Crippen LogP contribution in [0.3, 0.4) is 0 Å². The van der Waals surface area contributed by atoms with E-state index in [2.05, 4.69) is 20.2 Å². The van der Waals surface area contributed by atoms with Gasteiger partial charge in [0.05, 0.1) is 13.2 Å². The highest BCUT2D eigenvalue weighted by molar-refractivity contribution is 7.99. The molecular formula is C23H23ClN4O3S. The Morgan fingerprint density at radius 1 is 1.06 bits per heavy atom. The zero-order valence-corrected chi connectivity index (χ0v) is 18.9. The van der Waals surface area contributed by atoms with Gasteiger partial charge >= 0.3 is 0 Å². The summed E-state index contributed by atoms with van der Waals surface area (Å²) in [6.45, 7) is 4.73. The Morgan fingerprint density at radius 2 is 1.78 bits per heavy atom. The number of morpholine rings is 1. The maximum absolute atomic E-state index is 12.4. The number of halogens is 1. The van der Waals surface area contributed by atoms with Gasteiger partial charge < -0.3 is 14.8 Å². The van der Waals surface area contributed by atoms with Crippen molar-refractivity contribution in [3.63, 3.8) is 0 Å². The first-order valence-corrected chi connectivity index (χ1v) is 11.5. The molecule has 1 fully saturated rings. The summed E-state index contributed by atoms with van der Waals surface area (Å²) in [6.07, 6.45) is 3.20. The van der Waals surface area contributed by atoms with Crippen LogP contribution in [-0.2, 0) is 4.74 Å². The van der Waals surface area contributed by atoms with Crippen molar-refractivity contribution in [2.45, 2.75) is 9.92 Å². The summed E-state index contributed by atoms with van der Waals surface area (Å²) in [4.78, 5) is 24.3. The normalized spacial score (nSPS) is 14.2. The van der Waals surface area contributed by atoms with Crippen LogP contribution in [0.15, 0.2) is 70.8 Å². The SMILES string of the molecule is O=C(NCCN1CCOCC1)c1ccc(Oc2nccnc2Sc2ccc(Cl)cc2)cc1. The number of nitrogens with zero attached hydrogens (tertiary/aromatic N) is 3. The second kappa shape index (κ2) is 11.3. The predicted molar refractivity (Wildman–Crippen MR) is 124 cm³/mol. The molecule has 166 valence electrons. The van der Waals surface area contributed by atoms with Crippen molar-refractivity contribution in [1.29, 1.82) is 0 Å². The Labute approximate surface area is 196 Å². The molecule has 0 bridgehead atoms. The van der Waals surface area contributed by atoms with E-state index in [1.54, 1.807) is 36.7 Å². The van der Waals surface area contributed by atoms with Crippen LogP contribution in [0.2, 0.25) is 5.02 Å². The molecule has 0 aliphatic carbocycles. The van der Waals surface area contributed by atoms with Gasteiger partial charge in [0.1, 0.15) is 5.75 Å². The Kier molecular flexibility index (Phi) is 7.95. The van der Waals surface area contributed by atoms with Crippen molar-refractivity contribution in [2.24, 2.45) is 0 Å². The summed E-state index contributed by atoms with van der Waals surface area (Å²) in [7, 11) is 0. The fourth-order valence-electron chi connectivity index (χ4n) is 3.11. The molecule has 0 spiro atoms. The number of nitrogens with one attached hydrogen (secondary N) is 1. The number of carbonyl (C=O) groups excluding carboxylic acids is 1. The summed E-state index contributed by atoms with van der Waals surface area (Å²) in [5.74, 6) is 0.867. The van der Waals surface area contributed by atoms with Crippen LogP contribution in [-0.4, -0.2) is 60.2 Å². The molecule has 1 N–H and O–H groups in total. The maximum Gasteiger partial charge on any atom is 0.252 e. The third-order valence-electron chi connectivity index (χ3n) is 4.81. The average molecular weight is 471 g/mol. The second-order valence-corrected chi connectivity index (χ2v) is 8.56. The minimum atomic E-state index is -0.108. The van der Waals surface area contributed by atoms with Crippen molar-refractivity contribution >= 4 is 29.3 Å². The zero-order chi connectivity index (χ0) is 22.2. The Morgan fingerprint density at radius 3 is 2.53 bits per heavy atom. The first-order chi connectivity index (χ1) is 15.7. The largest absolute Gasteiger partial charge is 0.437 e. The van der Waals surface area contributed by atoms with E-state index in [0.717, 1.165) is 37.7 Å². The molecule has 4 rings (SSSR count). The van der Waals surface area contributed by atoms with Gasteiger partial charge in [0.15, 0.2) is 5.03 Å². The number of hydrogen-bond acceptors (Lipinski definition) is 7. The van der Waals surface area contributed by atoms with Crippen LogP contribution in [0.1, 0.15) is 10.4 Å². The lowest BCUT2D eigenvalue weighted by molar-refractivity contribution is 0.0383. The highest BCUT2D eigenvalue weighted by Crippen LogP contribution is 2.34. The number of hydrogen-bond donors (Lipinski definition) is 1. The topological polar surface area (TPSA) is 76.6 Å².